The summed E-state index contributed by atoms with van der Waals surface area (Å²) >= 11 is 1.64. The van der Waals surface area contributed by atoms with Gasteiger partial charge in [-0.05, 0) is 86.4 Å². The van der Waals surface area contributed by atoms with Crippen molar-refractivity contribution >= 4 is 45.2 Å². The number of piperazine rings is 1. The number of nitrogens with one attached hydrogen (secondary N) is 2. The van der Waals surface area contributed by atoms with E-state index in [-0.39, 0.29) is 23.8 Å². The smallest absolute Gasteiger partial charge is 0.234 e. The minimum Gasteiger partial charge on any atom is -0.379 e. The molecule has 2 bridgehead atoms. The number of rotatable bonds is 9. The molecule has 57 heavy (non-hydrogen) atoms. The first-order valence-corrected chi connectivity index (χ1v) is 21.0. The zero-order chi connectivity index (χ0) is 38.5. The molecular formula is C42H45N11O3S. The van der Waals surface area contributed by atoms with Crippen molar-refractivity contribution in [2.75, 3.05) is 61.1 Å². The van der Waals surface area contributed by atoms with Gasteiger partial charge in [0.2, 0.25) is 16.9 Å². The fourth-order valence-corrected chi connectivity index (χ4v) is 10.4. The lowest BCUT2D eigenvalue weighted by Gasteiger charge is -2.43. The Bertz CT molecular complexity index is 2330. The van der Waals surface area contributed by atoms with E-state index in [2.05, 4.69) is 66.8 Å². The van der Waals surface area contributed by atoms with Crippen LogP contribution in [0.5, 0.6) is 0 Å². The second-order valence-electron chi connectivity index (χ2n) is 16.1. The van der Waals surface area contributed by atoms with E-state index in [4.69, 9.17) is 19.9 Å². The molecule has 5 aliphatic rings. The standard InChI is InChI=1S/C42H45N11O3S/c43-19-27-17-31-7-9-38(53(31)45-20-27)37-18-36(46-29-13-16-56-25-29)35(21-44-37)41-48-49-42(57-41)51-23-32-5-6-33(24-51)52(32)22-26-11-14-50(15-12-26)30-3-1-28(2-4-30)34-8-10-39(54)47-40(34)55/h1-4,7,9,17-18,20-21,26,29,32-34H,5-6,8,10-16,22-25H2,(H,44,46)(H,47,54,55)/t29-,32?,33?,34?/m1/s1. The van der Waals surface area contributed by atoms with Gasteiger partial charge in [0.1, 0.15) is 6.07 Å². The average Bonchev–Trinajstić information content (AvgIpc) is 4.06. The number of amides is 2. The van der Waals surface area contributed by atoms with Crippen molar-refractivity contribution in [3.63, 3.8) is 0 Å². The molecule has 0 aliphatic carbocycles. The van der Waals surface area contributed by atoms with Crippen molar-refractivity contribution in [3.8, 4) is 28.0 Å². The third kappa shape index (κ3) is 7.11. The third-order valence-electron chi connectivity index (χ3n) is 12.6. The number of pyridine rings is 1. The molecule has 5 saturated heterocycles. The number of aromatic nitrogens is 5. The van der Waals surface area contributed by atoms with Crippen molar-refractivity contribution in [2.45, 2.75) is 69.0 Å². The Hall–Kier alpha value is -5.43. The van der Waals surface area contributed by atoms with E-state index in [0.29, 0.717) is 43.0 Å². The van der Waals surface area contributed by atoms with E-state index < -0.39 is 0 Å². The lowest BCUT2D eigenvalue weighted by atomic mass is 9.90. The van der Waals surface area contributed by atoms with Gasteiger partial charge in [0.05, 0.1) is 52.8 Å². The Labute approximate surface area is 334 Å². The zero-order valence-corrected chi connectivity index (χ0v) is 32.5. The normalized spacial score (nSPS) is 24.3. The molecule has 9 heterocycles. The molecule has 0 spiro atoms. The van der Waals surface area contributed by atoms with Gasteiger partial charge in [0.15, 0.2) is 5.01 Å². The quantitative estimate of drug-likeness (QED) is 0.192. The van der Waals surface area contributed by atoms with Gasteiger partial charge >= 0.3 is 0 Å². The number of nitriles is 1. The van der Waals surface area contributed by atoms with E-state index in [1.165, 1.54) is 31.4 Å². The number of ether oxygens (including phenoxy) is 1. The number of carbonyl (C=O) groups is 2. The Morgan fingerprint density at radius 2 is 1.75 bits per heavy atom. The van der Waals surface area contributed by atoms with Gasteiger partial charge < -0.3 is 19.9 Å². The molecule has 4 atom stereocenters. The van der Waals surface area contributed by atoms with E-state index >= 15 is 0 Å². The molecule has 5 aromatic rings. The van der Waals surface area contributed by atoms with Gasteiger partial charge in [0, 0.05) is 75.4 Å². The molecule has 15 heteroatoms. The predicted molar refractivity (Wildman–Crippen MR) is 217 cm³/mol. The monoisotopic (exact) mass is 783 g/mol. The number of nitrogens with zero attached hydrogens (tertiary/aromatic N) is 9. The largest absolute Gasteiger partial charge is 0.379 e. The Morgan fingerprint density at radius 1 is 0.930 bits per heavy atom. The van der Waals surface area contributed by atoms with Crippen molar-refractivity contribution in [2.24, 2.45) is 5.92 Å². The van der Waals surface area contributed by atoms with E-state index in [1.807, 2.05) is 28.9 Å². The number of benzene rings is 1. The van der Waals surface area contributed by atoms with Gasteiger partial charge in [-0.15, -0.1) is 10.2 Å². The van der Waals surface area contributed by atoms with Crippen LogP contribution in [0.4, 0.5) is 16.5 Å². The highest BCUT2D eigenvalue weighted by molar-refractivity contribution is 7.18. The maximum atomic E-state index is 12.4. The van der Waals surface area contributed by atoms with Crippen molar-refractivity contribution in [1.29, 1.82) is 5.26 Å². The topological polar surface area (TPSA) is 157 Å². The number of carbonyl (C=O) groups excluding carboxylic acids is 2. The van der Waals surface area contributed by atoms with Gasteiger partial charge in [-0.2, -0.15) is 10.4 Å². The van der Waals surface area contributed by atoms with Crippen LogP contribution in [0.2, 0.25) is 0 Å². The molecular weight excluding hydrogens is 739 g/mol. The Kier molecular flexibility index (Phi) is 9.55. The summed E-state index contributed by atoms with van der Waals surface area (Å²) < 4.78 is 7.52. The maximum absolute atomic E-state index is 12.4. The first-order valence-electron chi connectivity index (χ1n) is 20.2. The average molecular weight is 784 g/mol. The molecule has 0 saturated carbocycles. The Morgan fingerprint density at radius 3 is 2.51 bits per heavy atom. The number of hydrogen-bond acceptors (Lipinski definition) is 13. The summed E-state index contributed by atoms with van der Waals surface area (Å²) in [6.45, 7) is 6.54. The molecule has 2 amide bonds. The first kappa shape index (κ1) is 35.9. The van der Waals surface area contributed by atoms with Gasteiger partial charge in [-0.25, -0.2) is 4.52 Å². The fraction of sp³-hybridized carbons (Fsp3) is 0.452. The van der Waals surface area contributed by atoms with Crippen molar-refractivity contribution in [1.82, 2.24) is 35.0 Å². The lowest BCUT2D eigenvalue weighted by Crippen LogP contribution is -2.55. The molecule has 0 radical (unpaired) electrons. The van der Waals surface area contributed by atoms with Gasteiger partial charge in [-0.1, -0.05) is 23.5 Å². The van der Waals surface area contributed by atoms with Crippen LogP contribution in [0.15, 0.2) is 60.9 Å². The van der Waals surface area contributed by atoms with Gasteiger partial charge in [-0.3, -0.25) is 24.8 Å². The van der Waals surface area contributed by atoms with Crippen LogP contribution in [0, 0.1) is 17.2 Å². The van der Waals surface area contributed by atoms with Gasteiger partial charge in [0.25, 0.3) is 0 Å². The minimum absolute atomic E-state index is 0.175. The number of imide groups is 1. The molecule has 4 aromatic heterocycles. The highest BCUT2D eigenvalue weighted by atomic mass is 32.1. The summed E-state index contributed by atoms with van der Waals surface area (Å²) in [5, 5.41) is 31.3. The number of hydrogen-bond donors (Lipinski definition) is 2. The van der Waals surface area contributed by atoms with E-state index in [1.54, 1.807) is 17.5 Å². The molecule has 292 valence electrons. The van der Waals surface area contributed by atoms with Crippen LogP contribution in [0.3, 0.4) is 0 Å². The van der Waals surface area contributed by atoms with Crippen LogP contribution in [-0.4, -0.2) is 106 Å². The summed E-state index contributed by atoms with van der Waals surface area (Å²) in [7, 11) is 0. The minimum atomic E-state index is -0.243. The summed E-state index contributed by atoms with van der Waals surface area (Å²) in [6.07, 6.45) is 10.2. The summed E-state index contributed by atoms with van der Waals surface area (Å²) in [5.41, 5.74) is 7.05. The highest BCUT2D eigenvalue weighted by Crippen LogP contribution is 2.40. The van der Waals surface area contributed by atoms with Crippen molar-refractivity contribution < 1.29 is 14.3 Å². The highest BCUT2D eigenvalue weighted by Gasteiger charge is 2.42. The van der Waals surface area contributed by atoms with Crippen LogP contribution in [-0.2, 0) is 14.3 Å². The van der Waals surface area contributed by atoms with Crippen LogP contribution in [0.25, 0.3) is 27.5 Å². The zero-order valence-electron chi connectivity index (χ0n) is 31.7. The van der Waals surface area contributed by atoms with E-state index in [0.717, 1.165) is 89.6 Å². The second-order valence-corrected chi connectivity index (χ2v) is 17.1. The predicted octanol–water partition coefficient (Wildman–Crippen LogP) is 5.08. The maximum Gasteiger partial charge on any atom is 0.234 e. The summed E-state index contributed by atoms with van der Waals surface area (Å²) in [6, 6.07) is 19.6. The van der Waals surface area contributed by atoms with Crippen LogP contribution >= 0.6 is 11.3 Å². The van der Waals surface area contributed by atoms with Crippen LogP contribution in [0.1, 0.15) is 62.0 Å². The molecule has 14 nitrogen and oxygen atoms in total. The molecule has 5 fully saturated rings. The number of fused-ring (bicyclic) bond motifs is 3. The lowest BCUT2D eigenvalue weighted by molar-refractivity contribution is -0.134. The molecule has 10 rings (SSSR count). The second kappa shape index (κ2) is 15.1. The first-order chi connectivity index (χ1) is 28.0. The third-order valence-corrected chi connectivity index (χ3v) is 13.6. The summed E-state index contributed by atoms with van der Waals surface area (Å²) in [4.78, 5) is 36.6. The fourth-order valence-electron chi connectivity index (χ4n) is 9.51. The van der Waals surface area contributed by atoms with E-state index in [9.17, 15) is 14.9 Å². The number of anilines is 3. The van der Waals surface area contributed by atoms with Crippen LogP contribution < -0.4 is 20.4 Å². The number of piperidine rings is 2. The Balaban J connectivity index is 0.786. The molecule has 2 N–H and O–H groups in total. The summed E-state index contributed by atoms with van der Waals surface area (Å²) in [5.74, 6) is 0.0743. The molecule has 3 unspecified atom stereocenters. The molecule has 5 aliphatic heterocycles. The van der Waals surface area contributed by atoms with Crippen molar-refractivity contribution in [3.05, 3.63) is 72.1 Å². The molecule has 1 aromatic carbocycles. The SMILES string of the molecule is N#Cc1cnn2c(-c3cc(N[C@@H]4CCOC4)c(-c4nnc(N5CC6CCC(C5)N6CC5CCN(c6ccc(C7CCC(=O)NC7=O)cc6)CC5)s4)cn3)ccc2c1.